The molecular weight excluding hydrogens is 296 g/mol. The lowest BCUT2D eigenvalue weighted by Gasteiger charge is -2.19. The van der Waals surface area contributed by atoms with Crippen molar-refractivity contribution in [3.63, 3.8) is 0 Å². The van der Waals surface area contributed by atoms with Crippen LogP contribution in [0.1, 0.15) is 54.7 Å². The molecular formula is C21H26N2O. The number of hydrogen-bond acceptors (Lipinski definition) is 2. The number of nitrogens with one attached hydrogen (secondary N) is 1. The Hall–Kier alpha value is -2.42. The summed E-state index contributed by atoms with van der Waals surface area (Å²) in [7, 11) is 0. The molecule has 1 N–H and O–H groups in total. The van der Waals surface area contributed by atoms with Gasteiger partial charge in [-0.1, -0.05) is 39.0 Å². The third kappa shape index (κ3) is 4.79. The molecule has 0 unspecified atom stereocenters. The predicted octanol–water partition coefficient (Wildman–Crippen LogP) is 5.08. The van der Waals surface area contributed by atoms with E-state index in [1.165, 1.54) is 5.56 Å². The average molecular weight is 322 g/mol. The SMILES string of the molecule is CC(=Nc1cc(C)cc(C)c1)NC(=O)c1ccc(C(C)(C)C)cc1. The molecule has 0 bridgehead atoms. The van der Waals surface area contributed by atoms with Gasteiger partial charge in [0.25, 0.3) is 5.91 Å². The summed E-state index contributed by atoms with van der Waals surface area (Å²) < 4.78 is 0. The van der Waals surface area contributed by atoms with E-state index < -0.39 is 0 Å². The first-order valence-corrected chi connectivity index (χ1v) is 8.20. The molecule has 0 aromatic heterocycles. The molecule has 0 saturated heterocycles. The molecule has 0 aliphatic heterocycles. The molecule has 0 radical (unpaired) electrons. The fraction of sp³-hybridized carbons (Fsp3) is 0.333. The molecule has 126 valence electrons. The lowest BCUT2D eigenvalue weighted by atomic mass is 9.87. The van der Waals surface area contributed by atoms with Crippen molar-refractivity contribution < 1.29 is 4.79 Å². The maximum atomic E-state index is 12.3. The number of carbonyl (C=O) groups excluding carboxylic acids is 1. The Bertz CT molecular complexity index is 745. The van der Waals surface area contributed by atoms with Crippen LogP contribution >= 0.6 is 0 Å². The zero-order valence-electron chi connectivity index (χ0n) is 15.4. The molecule has 0 spiro atoms. The molecule has 0 atom stereocenters. The maximum absolute atomic E-state index is 12.3. The van der Waals surface area contributed by atoms with Gasteiger partial charge in [-0.25, -0.2) is 4.99 Å². The van der Waals surface area contributed by atoms with Gasteiger partial charge < -0.3 is 5.32 Å². The summed E-state index contributed by atoms with van der Waals surface area (Å²) in [5.41, 5.74) is 5.09. The van der Waals surface area contributed by atoms with Crippen LogP contribution in [0.25, 0.3) is 0 Å². The van der Waals surface area contributed by atoms with E-state index in [1.54, 1.807) is 6.92 Å². The molecule has 2 aromatic rings. The number of aliphatic imine (C=N–C) groups is 1. The molecule has 3 heteroatoms. The van der Waals surface area contributed by atoms with E-state index in [0.29, 0.717) is 11.4 Å². The van der Waals surface area contributed by atoms with Gasteiger partial charge in [-0.05, 0) is 67.1 Å². The van der Waals surface area contributed by atoms with Crippen LogP contribution in [0.15, 0.2) is 47.5 Å². The number of rotatable bonds is 2. The first-order valence-electron chi connectivity index (χ1n) is 8.20. The van der Waals surface area contributed by atoms with Crippen LogP contribution in [-0.2, 0) is 5.41 Å². The standard InChI is InChI=1S/C21H26N2O/c1-14-11-15(2)13-19(12-14)22-16(3)23-20(24)17-7-9-18(10-8-17)21(4,5)6/h7-13H,1-6H3,(H,22,23,24). The Labute approximate surface area is 144 Å². The van der Waals surface area contributed by atoms with E-state index >= 15 is 0 Å². The summed E-state index contributed by atoms with van der Waals surface area (Å²) in [6.45, 7) is 12.3. The van der Waals surface area contributed by atoms with Gasteiger partial charge in [0.05, 0.1) is 5.69 Å². The number of aryl methyl sites for hydroxylation is 2. The normalized spacial score (nSPS) is 12.2. The Morgan fingerprint density at radius 1 is 0.958 bits per heavy atom. The van der Waals surface area contributed by atoms with E-state index in [9.17, 15) is 4.79 Å². The summed E-state index contributed by atoms with van der Waals surface area (Å²) in [4.78, 5) is 16.8. The third-order valence-electron chi connectivity index (χ3n) is 3.81. The molecule has 2 aromatic carbocycles. The average Bonchev–Trinajstić information content (AvgIpc) is 2.45. The van der Waals surface area contributed by atoms with Crippen LogP contribution in [0.4, 0.5) is 5.69 Å². The van der Waals surface area contributed by atoms with Crippen LogP contribution in [0.5, 0.6) is 0 Å². The highest BCUT2D eigenvalue weighted by Gasteiger charge is 2.14. The largest absolute Gasteiger partial charge is 0.310 e. The van der Waals surface area contributed by atoms with E-state index in [-0.39, 0.29) is 11.3 Å². The van der Waals surface area contributed by atoms with E-state index in [2.05, 4.69) is 37.1 Å². The van der Waals surface area contributed by atoms with Gasteiger partial charge in [0.1, 0.15) is 5.84 Å². The number of nitrogens with zero attached hydrogens (tertiary/aromatic N) is 1. The number of amides is 1. The first-order chi connectivity index (χ1) is 11.1. The lowest BCUT2D eigenvalue weighted by molar-refractivity contribution is 0.0977. The number of amidine groups is 1. The topological polar surface area (TPSA) is 41.5 Å². The van der Waals surface area contributed by atoms with Crippen molar-refractivity contribution in [1.29, 1.82) is 0 Å². The second-order valence-electron chi connectivity index (χ2n) is 7.32. The summed E-state index contributed by atoms with van der Waals surface area (Å²) >= 11 is 0. The molecule has 2 rings (SSSR count). The number of carbonyl (C=O) groups is 1. The van der Waals surface area contributed by atoms with Crippen molar-refractivity contribution in [3.05, 3.63) is 64.7 Å². The van der Waals surface area contributed by atoms with Gasteiger partial charge in [0, 0.05) is 5.56 Å². The minimum atomic E-state index is -0.138. The quantitative estimate of drug-likeness (QED) is 0.608. The van der Waals surface area contributed by atoms with Crippen molar-refractivity contribution in [2.24, 2.45) is 4.99 Å². The Morgan fingerprint density at radius 3 is 2.00 bits per heavy atom. The third-order valence-corrected chi connectivity index (χ3v) is 3.81. The summed E-state index contributed by atoms with van der Waals surface area (Å²) in [6.07, 6.45) is 0. The molecule has 24 heavy (non-hydrogen) atoms. The monoisotopic (exact) mass is 322 g/mol. The minimum absolute atomic E-state index is 0.0788. The fourth-order valence-corrected chi connectivity index (χ4v) is 2.59. The molecule has 0 aliphatic carbocycles. The van der Waals surface area contributed by atoms with Crippen LogP contribution in [-0.4, -0.2) is 11.7 Å². The zero-order valence-corrected chi connectivity index (χ0v) is 15.4. The fourth-order valence-electron chi connectivity index (χ4n) is 2.59. The second-order valence-corrected chi connectivity index (χ2v) is 7.32. The van der Waals surface area contributed by atoms with Crippen LogP contribution in [0.3, 0.4) is 0 Å². The van der Waals surface area contributed by atoms with E-state index in [4.69, 9.17) is 0 Å². The van der Waals surface area contributed by atoms with Gasteiger partial charge in [-0.3, -0.25) is 4.79 Å². The van der Waals surface area contributed by atoms with Crippen molar-refractivity contribution >= 4 is 17.4 Å². The van der Waals surface area contributed by atoms with Crippen LogP contribution in [0, 0.1) is 13.8 Å². The Kier molecular flexibility index (Phi) is 5.23. The highest BCUT2D eigenvalue weighted by atomic mass is 16.1. The van der Waals surface area contributed by atoms with Crippen molar-refractivity contribution in [2.45, 2.75) is 47.0 Å². The van der Waals surface area contributed by atoms with Gasteiger partial charge in [0.15, 0.2) is 0 Å². The van der Waals surface area contributed by atoms with Crippen LogP contribution < -0.4 is 5.32 Å². The lowest BCUT2D eigenvalue weighted by Crippen LogP contribution is -2.28. The molecule has 0 aliphatic rings. The number of hydrogen-bond donors (Lipinski definition) is 1. The van der Waals surface area contributed by atoms with Gasteiger partial charge in [0.2, 0.25) is 0 Å². The van der Waals surface area contributed by atoms with Gasteiger partial charge >= 0.3 is 0 Å². The summed E-state index contributed by atoms with van der Waals surface area (Å²) in [6, 6.07) is 13.8. The van der Waals surface area contributed by atoms with Crippen LogP contribution in [0.2, 0.25) is 0 Å². The summed E-state index contributed by atoms with van der Waals surface area (Å²) in [5, 5.41) is 2.85. The Morgan fingerprint density at radius 2 is 1.50 bits per heavy atom. The molecule has 1 amide bonds. The highest BCUT2D eigenvalue weighted by Crippen LogP contribution is 2.22. The molecule has 0 heterocycles. The van der Waals surface area contributed by atoms with Gasteiger partial charge in [-0.2, -0.15) is 0 Å². The molecule has 0 fully saturated rings. The van der Waals surface area contributed by atoms with Gasteiger partial charge in [-0.15, -0.1) is 0 Å². The predicted molar refractivity (Wildman–Crippen MR) is 101 cm³/mol. The highest BCUT2D eigenvalue weighted by molar-refractivity contribution is 6.06. The minimum Gasteiger partial charge on any atom is -0.310 e. The smallest absolute Gasteiger partial charge is 0.256 e. The molecule has 3 nitrogen and oxygen atoms in total. The maximum Gasteiger partial charge on any atom is 0.256 e. The second kappa shape index (κ2) is 7.00. The van der Waals surface area contributed by atoms with E-state index in [0.717, 1.165) is 16.8 Å². The van der Waals surface area contributed by atoms with Crippen molar-refractivity contribution in [1.82, 2.24) is 5.32 Å². The Balaban J connectivity index is 2.12. The molecule has 0 saturated carbocycles. The summed E-state index contributed by atoms with van der Waals surface area (Å²) in [5.74, 6) is 0.450. The first kappa shape index (κ1) is 17.9. The van der Waals surface area contributed by atoms with E-state index in [1.807, 2.05) is 50.2 Å². The van der Waals surface area contributed by atoms with Crippen molar-refractivity contribution in [2.75, 3.05) is 0 Å². The van der Waals surface area contributed by atoms with Crippen molar-refractivity contribution in [3.8, 4) is 0 Å². The zero-order chi connectivity index (χ0) is 17.9. The number of benzene rings is 2.